The van der Waals surface area contributed by atoms with E-state index >= 15 is 0 Å². The number of carbonyl (C=O) groups excluding carboxylic acids is 2. The molecule has 0 aromatic rings. The number of hydrogen-bond donors (Lipinski definition) is 0. The van der Waals surface area contributed by atoms with Gasteiger partial charge in [0.25, 0.3) is 0 Å². The molecule has 0 amide bonds. The van der Waals surface area contributed by atoms with Crippen LogP contribution in [0.1, 0.15) is 12.8 Å². The van der Waals surface area contributed by atoms with Crippen LogP contribution >= 0.6 is 69.6 Å². The zero-order chi connectivity index (χ0) is 16.2. The molecule has 0 spiro atoms. The Kier molecular flexibility index (Phi) is 3.23. The number of rotatable bonds is 0. The highest BCUT2D eigenvalue weighted by Gasteiger charge is 2.83. The van der Waals surface area contributed by atoms with Crippen LogP contribution in [0.2, 0.25) is 0 Å². The molecule has 9 heteroatoms. The summed E-state index contributed by atoms with van der Waals surface area (Å²) < 4.78 is 3.10. The highest BCUT2D eigenvalue weighted by Crippen LogP contribution is 2.79. The Morgan fingerprint density at radius 2 is 1.18 bits per heavy atom. The van der Waals surface area contributed by atoms with E-state index in [-0.39, 0.29) is 21.9 Å². The third-order valence-electron chi connectivity index (χ3n) is 5.56. The van der Waals surface area contributed by atoms with Crippen LogP contribution in [0.5, 0.6) is 0 Å². The van der Waals surface area contributed by atoms with Gasteiger partial charge in [-0.05, 0) is 24.7 Å². The molecule has 3 aliphatic carbocycles. The smallest absolute Gasteiger partial charge is 0.317 e. The van der Waals surface area contributed by atoms with Gasteiger partial charge in [0.2, 0.25) is 0 Å². The van der Waals surface area contributed by atoms with Crippen LogP contribution in [0.4, 0.5) is 0 Å². The molecule has 2 bridgehead atoms. The molecular formula is C13H8Cl6O3. The van der Waals surface area contributed by atoms with E-state index in [1.807, 2.05) is 0 Å². The molecule has 120 valence electrons. The van der Waals surface area contributed by atoms with E-state index in [4.69, 9.17) is 74.3 Å². The van der Waals surface area contributed by atoms with Crippen molar-refractivity contribution in [3.63, 3.8) is 0 Å². The fourth-order valence-electron chi connectivity index (χ4n) is 4.51. The molecule has 2 saturated carbocycles. The van der Waals surface area contributed by atoms with Gasteiger partial charge in [-0.25, -0.2) is 0 Å². The lowest BCUT2D eigenvalue weighted by Crippen LogP contribution is -2.44. The van der Waals surface area contributed by atoms with E-state index < -0.39 is 37.9 Å². The third kappa shape index (κ3) is 1.43. The molecule has 0 radical (unpaired) electrons. The molecule has 0 aromatic carbocycles. The van der Waals surface area contributed by atoms with Gasteiger partial charge in [-0.15, -0.1) is 23.2 Å². The van der Waals surface area contributed by atoms with Gasteiger partial charge in [0.15, 0.2) is 4.33 Å². The van der Waals surface area contributed by atoms with Crippen LogP contribution in [0.15, 0.2) is 10.1 Å². The molecule has 0 aromatic heterocycles. The lowest BCUT2D eigenvalue weighted by atomic mass is 9.65. The molecular weight excluding hydrogens is 417 g/mol. The van der Waals surface area contributed by atoms with Crippen LogP contribution in [0.3, 0.4) is 0 Å². The fraction of sp³-hybridized carbons (Fsp3) is 0.692. The maximum Gasteiger partial charge on any atom is 0.317 e. The number of cyclic esters (lactones) is 2. The highest BCUT2D eigenvalue weighted by atomic mass is 35.5. The lowest BCUT2D eigenvalue weighted by molar-refractivity contribution is -0.153. The van der Waals surface area contributed by atoms with Gasteiger partial charge in [0.05, 0.1) is 21.9 Å². The van der Waals surface area contributed by atoms with Crippen molar-refractivity contribution in [2.24, 2.45) is 23.7 Å². The van der Waals surface area contributed by atoms with Gasteiger partial charge in [0, 0.05) is 0 Å². The van der Waals surface area contributed by atoms with Crippen LogP contribution in [-0.4, -0.2) is 26.0 Å². The Balaban J connectivity index is 1.87. The standard InChI is InChI=1S/C13H8Cl6O3/c14-7-8(15)12(17)6-2-4-3(9(20)22-10(4)21)1-5(6)11(7,16)13(12,18)19/h3-6H,1-2H2/t3-,4-,5+,6+,11-,12-/m0/s1. The summed E-state index contributed by atoms with van der Waals surface area (Å²) in [5.74, 6) is -2.93. The van der Waals surface area contributed by atoms with Crippen molar-refractivity contribution >= 4 is 81.5 Å². The largest absolute Gasteiger partial charge is 0.393 e. The Morgan fingerprint density at radius 1 is 0.818 bits per heavy atom. The van der Waals surface area contributed by atoms with Crippen LogP contribution < -0.4 is 0 Å². The maximum absolute atomic E-state index is 11.8. The minimum Gasteiger partial charge on any atom is -0.393 e. The first-order valence-corrected chi connectivity index (χ1v) is 8.92. The van der Waals surface area contributed by atoms with E-state index in [2.05, 4.69) is 0 Å². The molecule has 1 heterocycles. The van der Waals surface area contributed by atoms with Crippen molar-refractivity contribution in [1.82, 2.24) is 0 Å². The second-order valence-electron chi connectivity index (χ2n) is 6.26. The quantitative estimate of drug-likeness (QED) is 0.333. The van der Waals surface area contributed by atoms with Crippen molar-refractivity contribution in [2.45, 2.75) is 26.9 Å². The number of carbonyl (C=O) groups is 2. The zero-order valence-electron chi connectivity index (χ0n) is 10.7. The Labute approximate surface area is 156 Å². The van der Waals surface area contributed by atoms with Crippen LogP contribution in [-0.2, 0) is 14.3 Å². The predicted molar refractivity (Wildman–Crippen MR) is 84.6 cm³/mol. The number of ether oxygens (including phenoxy) is 1. The monoisotopic (exact) mass is 422 g/mol. The van der Waals surface area contributed by atoms with Gasteiger partial charge in [-0.1, -0.05) is 46.4 Å². The van der Waals surface area contributed by atoms with Gasteiger partial charge in [-0.3, -0.25) is 9.59 Å². The van der Waals surface area contributed by atoms with E-state index in [1.54, 1.807) is 0 Å². The number of hydrogen-bond acceptors (Lipinski definition) is 3. The molecule has 1 saturated heterocycles. The molecule has 1 aliphatic heterocycles. The molecule has 6 atom stereocenters. The fourth-order valence-corrected chi connectivity index (χ4v) is 7.61. The predicted octanol–water partition coefficient (Wildman–Crippen LogP) is 4.17. The summed E-state index contributed by atoms with van der Waals surface area (Å²) in [5.41, 5.74) is 0. The number of alkyl halides is 4. The molecule has 3 fully saturated rings. The Bertz CT molecular complexity index is 608. The molecule has 0 unspecified atom stereocenters. The average Bonchev–Trinajstić information content (AvgIpc) is 2.85. The first-order valence-electron chi connectivity index (χ1n) is 6.65. The average molecular weight is 425 g/mol. The van der Waals surface area contributed by atoms with Gasteiger partial charge in [-0.2, -0.15) is 0 Å². The molecule has 22 heavy (non-hydrogen) atoms. The summed E-state index contributed by atoms with van der Waals surface area (Å²) in [5, 5.41) is 0.237. The SMILES string of the molecule is O=C1OC(=O)[C@H]2C[C@@H]3[C@@H](C[C@H]12)[C@]1(Cl)C(Cl)=C(Cl)[C@]3(Cl)C1(Cl)Cl. The summed E-state index contributed by atoms with van der Waals surface area (Å²) in [6.07, 6.45) is 0.582. The summed E-state index contributed by atoms with van der Waals surface area (Å²) in [4.78, 5) is 20.9. The van der Waals surface area contributed by atoms with Gasteiger partial charge >= 0.3 is 11.9 Å². The summed E-state index contributed by atoms with van der Waals surface area (Å²) in [6.45, 7) is 0. The summed E-state index contributed by atoms with van der Waals surface area (Å²) >= 11 is 39.0. The van der Waals surface area contributed by atoms with E-state index in [9.17, 15) is 9.59 Å². The van der Waals surface area contributed by atoms with Crippen molar-refractivity contribution < 1.29 is 14.3 Å². The Hall–Kier alpha value is 0.620. The second kappa shape index (κ2) is 4.42. The van der Waals surface area contributed by atoms with Crippen molar-refractivity contribution in [3.8, 4) is 0 Å². The van der Waals surface area contributed by atoms with E-state index in [1.165, 1.54) is 0 Å². The Morgan fingerprint density at radius 3 is 1.55 bits per heavy atom. The van der Waals surface area contributed by atoms with Gasteiger partial charge < -0.3 is 4.74 Å². The molecule has 4 aliphatic rings. The first kappa shape index (κ1) is 16.1. The molecule has 3 nitrogen and oxygen atoms in total. The van der Waals surface area contributed by atoms with Crippen molar-refractivity contribution in [2.75, 3.05) is 0 Å². The highest BCUT2D eigenvalue weighted by molar-refractivity contribution is 6.65. The van der Waals surface area contributed by atoms with Crippen LogP contribution in [0, 0.1) is 23.7 Å². The maximum atomic E-state index is 11.8. The number of allylic oxidation sites excluding steroid dienone is 2. The number of fused-ring (bicyclic) bond motifs is 6. The lowest BCUT2D eigenvalue weighted by Gasteiger charge is -2.42. The van der Waals surface area contributed by atoms with Gasteiger partial charge in [0.1, 0.15) is 9.75 Å². The normalized spacial score (nSPS) is 51.9. The number of esters is 2. The van der Waals surface area contributed by atoms with E-state index in [0.29, 0.717) is 12.8 Å². The van der Waals surface area contributed by atoms with Crippen molar-refractivity contribution in [1.29, 1.82) is 0 Å². The third-order valence-corrected chi connectivity index (χ3v) is 9.91. The second-order valence-corrected chi connectivity index (χ2v) is 9.54. The first-order chi connectivity index (χ1) is 10.1. The molecule has 4 rings (SSSR count). The van der Waals surface area contributed by atoms with Crippen LogP contribution in [0.25, 0.3) is 0 Å². The zero-order valence-corrected chi connectivity index (χ0v) is 15.3. The minimum atomic E-state index is -1.63. The van der Waals surface area contributed by atoms with E-state index in [0.717, 1.165) is 0 Å². The number of halogens is 6. The van der Waals surface area contributed by atoms with Crippen molar-refractivity contribution in [3.05, 3.63) is 10.1 Å². The summed E-state index contributed by atoms with van der Waals surface area (Å²) in [6, 6.07) is 0. The minimum absolute atomic E-state index is 0.119. The molecule has 0 N–H and O–H groups in total. The summed E-state index contributed by atoms with van der Waals surface area (Å²) in [7, 11) is 0. The topological polar surface area (TPSA) is 43.4 Å².